The van der Waals surface area contributed by atoms with E-state index in [9.17, 15) is 4.79 Å². The van der Waals surface area contributed by atoms with E-state index < -0.39 is 0 Å². The molecule has 7 heteroatoms. The van der Waals surface area contributed by atoms with Crippen molar-refractivity contribution in [3.8, 4) is 11.6 Å². The molecular formula is C12H13N3O3S. The number of aromatic nitrogens is 3. The van der Waals surface area contributed by atoms with Crippen molar-refractivity contribution in [3.63, 3.8) is 0 Å². The summed E-state index contributed by atoms with van der Waals surface area (Å²) in [5.41, 5.74) is 3.16. The van der Waals surface area contributed by atoms with E-state index in [1.807, 2.05) is 6.92 Å². The van der Waals surface area contributed by atoms with Gasteiger partial charge in [0.1, 0.15) is 17.0 Å². The highest BCUT2D eigenvalue weighted by Crippen LogP contribution is 2.31. The Kier molecular flexibility index (Phi) is 3.75. The molecule has 0 aliphatic rings. The third-order valence-corrected chi connectivity index (χ3v) is 3.23. The molecule has 0 fully saturated rings. The van der Waals surface area contributed by atoms with Gasteiger partial charge in [0.25, 0.3) is 0 Å². The van der Waals surface area contributed by atoms with Crippen LogP contribution in [0.5, 0.6) is 11.6 Å². The van der Waals surface area contributed by atoms with Crippen molar-refractivity contribution < 1.29 is 14.3 Å². The third-order valence-electron chi connectivity index (χ3n) is 2.75. The van der Waals surface area contributed by atoms with E-state index in [2.05, 4.69) is 14.3 Å². The summed E-state index contributed by atoms with van der Waals surface area (Å²) in [6, 6.07) is 0. The fourth-order valence-corrected chi connectivity index (χ4v) is 2.28. The molecule has 2 aromatic heterocycles. The summed E-state index contributed by atoms with van der Waals surface area (Å²) >= 11 is 1.12. The normalized spacial score (nSPS) is 10.3. The van der Waals surface area contributed by atoms with E-state index >= 15 is 0 Å². The number of carbonyl (C=O) groups excluding carboxylic acids is 1. The van der Waals surface area contributed by atoms with Crippen molar-refractivity contribution in [1.82, 2.24) is 14.3 Å². The fraction of sp³-hybridized carbons (Fsp3) is 0.333. The minimum absolute atomic E-state index is 0.133. The molecule has 2 rings (SSSR count). The maximum Gasteiger partial charge on any atom is 0.250 e. The van der Waals surface area contributed by atoms with Crippen molar-refractivity contribution in [3.05, 3.63) is 28.2 Å². The number of pyridine rings is 1. The molecular weight excluding hydrogens is 266 g/mol. The van der Waals surface area contributed by atoms with Crippen LogP contribution in [0.15, 0.2) is 5.51 Å². The van der Waals surface area contributed by atoms with E-state index in [0.29, 0.717) is 17.2 Å². The first-order chi connectivity index (χ1) is 9.10. The van der Waals surface area contributed by atoms with Crippen molar-refractivity contribution >= 4 is 17.3 Å². The summed E-state index contributed by atoms with van der Waals surface area (Å²) < 4.78 is 14.4. The van der Waals surface area contributed by atoms with Crippen LogP contribution in [0.25, 0.3) is 0 Å². The lowest BCUT2D eigenvalue weighted by atomic mass is 10.1. The van der Waals surface area contributed by atoms with Gasteiger partial charge in [-0.15, -0.1) is 0 Å². The molecule has 0 aromatic carbocycles. The number of hydrogen-bond acceptors (Lipinski definition) is 7. The van der Waals surface area contributed by atoms with Gasteiger partial charge in [0.05, 0.1) is 19.8 Å². The highest BCUT2D eigenvalue weighted by atomic mass is 32.1. The predicted octanol–water partition coefficient (Wildman–Crippen LogP) is 1.80. The number of hydrogen-bond donors (Lipinski definition) is 0. The second kappa shape index (κ2) is 5.31. The Morgan fingerprint density at radius 3 is 2.47 bits per heavy atom. The van der Waals surface area contributed by atoms with Gasteiger partial charge in [-0.3, -0.25) is 4.79 Å². The molecule has 0 radical (unpaired) electrons. The number of ether oxygens (including phenoxy) is 2. The van der Waals surface area contributed by atoms with Gasteiger partial charge in [-0.25, -0.2) is 9.97 Å². The molecule has 0 atom stereocenters. The fourth-order valence-electron chi connectivity index (χ4n) is 1.86. The van der Waals surface area contributed by atoms with Crippen molar-refractivity contribution in [2.24, 2.45) is 0 Å². The van der Waals surface area contributed by atoms with Gasteiger partial charge in [0.2, 0.25) is 17.5 Å². The van der Waals surface area contributed by atoms with E-state index in [1.54, 1.807) is 14.0 Å². The summed E-state index contributed by atoms with van der Waals surface area (Å²) in [4.78, 5) is 20.4. The van der Waals surface area contributed by atoms with Gasteiger partial charge in [-0.05, 0) is 25.4 Å². The van der Waals surface area contributed by atoms with E-state index in [4.69, 9.17) is 9.47 Å². The van der Waals surface area contributed by atoms with Gasteiger partial charge in [-0.2, -0.15) is 4.37 Å². The molecule has 0 spiro atoms. The molecule has 2 aromatic rings. The molecule has 2 heterocycles. The molecule has 0 saturated carbocycles. The van der Waals surface area contributed by atoms with E-state index in [-0.39, 0.29) is 17.3 Å². The highest BCUT2D eigenvalue weighted by Gasteiger charge is 2.23. The minimum Gasteiger partial charge on any atom is -0.496 e. The van der Waals surface area contributed by atoms with Gasteiger partial charge in [0, 0.05) is 5.56 Å². The third kappa shape index (κ3) is 2.28. The smallest absolute Gasteiger partial charge is 0.250 e. The van der Waals surface area contributed by atoms with E-state index in [0.717, 1.165) is 17.1 Å². The molecule has 0 saturated heterocycles. The Morgan fingerprint density at radius 2 is 1.95 bits per heavy atom. The quantitative estimate of drug-likeness (QED) is 0.794. The molecule has 0 bridgehead atoms. The molecule has 0 aliphatic heterocycles. The molecule has 0 unspecified atom stereocenters. The highest BCUT2D eigenvalue weighted by molar-refractivity contribution is 7.03. The van der Waals surface area contributed by atoms with Crippen LogP contribution in [-0.2, 0) is 0 Å². The molecule has 19 heavy (non-hydrogen) atoms. The van der Waals surface area contributed by atoms with Gasteiger partial charge in [-0.1, -0.05) is 0 Å². The average molecular weight is 279 g/mol. The van der Waals surface area contributed by atoms with Crippen molar-refractivity contribution in [1.29, 1.82) is 0 Å². The molecule has 0 aliphatic carbocycles. The van der Waals surface area contributed by atoms with E-state index in [1.165, 1.54) is 12.6 Å². The minimum atomic E-state index is -0.338. The Morgan fingerprint density at radius 1 is 1.21 bits per heavy atom. The second-order valence-electron chi connectivity index (χ2n) is 3.84. The Hall–Kier alpha value is -2.02. The molecule has 0 N–H and O–H groups in total. The monoisotopic (exact) mass is 279 g/mol. The molecule has 6 nitrogen and oxygen atoms in total. The summed E-state index contributed by atoms with van der Waals surface area (Å²) in [5.74, 6) is 0.746. The number of carbonyl (C=O) groups is 1. The lowest BCUT2D eigenvalue weighted by Gasteiger charge is -2.14. The van der Waals surface area contributed by atoms with Gasteiger partial charge < -0.3 is 9.47 Å². The van der Waals surface area contributed by atoms with Crippen LogP contribution in [0.2, 0.25) is 0 Å². The molecule has 0 amide bonds. The standard InChI is InChI=1S/C12H13N3O3S/c1-6-8(9(16)11-13-5-19-15-11)14-12(18-4)7(2)10(6)17-3/h5H,1-4H3. The first kappa shape index (κ1) is 13.4. The number of methoxy groups -OCH3 is 2. The van der Waals surface area contributed by atoms with Crippen LogP contribution in [0.1, 0.15) is 27.4 Å². The lowest BCUT2D eigenvalue weighted by Crippen LogP contribution is -2.11. The first-order valence-electron chi connectivity index (χ1n) is 5.50. The van der Waals surface area contributed by atoms with Crippen molar-refractivity contribution in [2.45, 2.75) is 13.8 Å². The largest absolute Gasteiger partial charge is 0.496 e. The lowest BCUT2D eigenvalue weighted by molar-refractivity contribution is 0.102. The van der Waals surface area contributed by atoms with Crippen LogP contribution in [-0.4, -0.2) is 34.3 Å². The number of rotatable bonds is 4. The van der Waals surface area contributed by atoms with Crippen molar-refractivity contribution in [2.75, 3.05) is 14.2 Å². The summed E-state index contributed by atoms with van der Waals surface area (Å²) in [5, 5.41) is 0. The maximum absolute atomic E-state index is 12.3. The Balaban J connectivity index is 2.60. The summed E-state index contributed by atoms with van der Waals surface area (Å²) in [7, 11) is 3.05. The topological polar surface area (TPSA) is 74.2 Å². The first-order valence-corrected chi connectivity index (χ1v) is 6.34. The zero-order chi connectivity index (χ0) is 14.0. The Labute approximate surface area is 114 Å². The summed E-state index contributed by atoms with van der Waals surface area (Å²) in [6.07, 6.45) is 0. The SMILES string of the molecule is COc1nc(C(=O)c2ncsn2)c(C)c(OC)c1C. The van der Waals surface area contributed by atoms with Crippen LogP contribution in [0.4, 0.5) is 0 Å². The second-order valence-corrected chi connectivity index (χ2v) is 4.44. The number of nitrogens with zero attached hydrogens (tertiary/aromatic N) is 3. The zero-order valence-corrected chi connectivity index (χ0v) is 11.9. The maximum atomic E-state index is 12.3. The van der Waals surface area contributed by atoms with Gasteiger partial charge in [0.15, 0.2) is 0 Å². The predicted molar refractivity (Wildman–Crippen MR) is 70.2 cm³/mol. The van der Waals surface area contributed by atoms with Gasteiger partial charge >= 0.3 is 0 Å². The molecule has 100 valence electrons. The van der Waals surface area contributed by atoms with Crippen LogP contribution in [0.3, 0.4) is 0 Å². The zero-order valence-electron chi connectivity index (χ0n) is 11.1. The number of ketones is 1. The van der Waals surface area contributed by atoms with Crippen LogP contribution < -0.4 is 9.47 Å². The van der Waals surface area contributed by atoms with Crippen LogP contribution in [0, 0.1) is 13.8 Å². The average Bonchev–Trinajstić information content (AvgIpc) is 2.93. The Bertz CT molecular complexity index is 611. The van der Waals surface area contributed by atoms with Crippen LogP contribution >= 0.6 is 11.5 Å². The summed E-state index contributed by atoms with van der Waals surface area (Å²) in [6.45, 7) is 3.60.